The molecule has 1 aromatic rings. The second kappa shape index (κ2) is 6.08. The molecule has 1 aliphatic heterocycles. The zero-order valence-electron chi connectivity index (χ0n) is 10.3. The molecule has 1 heterocycles. The van der Waals surface area contributed by atoms with Crippen molar-refractivity contribution < 1.29 is 4.79 Å². The van der Waals surface area contributed by atoms with Gasteiger partial charge in [-0.25, -0.2) is 0 Å². The molecular weight excluding hydrogens is 312 g/mol. The minimum absolute atomic E-state index is 0.0398. The summed E-state index contributed by atoms with van der Waals surface area (Å²) in [5, 5.41) is 2.99. The fourth-order valence-corrected chi connectivity index (χ4v) is 3.08. The van der Waals surface area contributed by atoms with Crippen molar-refractivity contribution in [2.75, 3.05) is 26.7 Å². The van der Waals surface area contributed by atoms with E-state index in [2.05, 4.69) is 45.8 Å². The molecule has 1 saturated heterocycles. The van der Waals surface area contributed by atoms with Crippen LogP contribution in [0.25, 0.3) is 0 Å². The minimum atomic E-state index is -0.0398. The van der Waals surface area contributed by atoms with Crippen molar-refractivity contribution in [2.24, 2.45) is 5.92 Å². The van der Waals surface area contributed by atoms with E-state index in [1.165, 1.54) is 0 Å². The number of amides is 1. The Balaban J connectivity index is 1.91. The van der Waals surface area contributed by atoms with E-state index in [4.69, 9.17) is 0 Å². The largest absolute Gasteiger partial charge is 0.352 e. The number of hydrogen-bond acceptors (Lipinski definition) is 3. The van der Waals surface area contributed by atoms with Crippen molar-refractivity contribution in [3.8, 4) is 0 Å². The molecule has 0 bridgehead atoms. The van der Waals surface area contributed by atoms with Gasteiger partial charge in [0.2, 0.25) is 0 Å². The molecule has 5 heteroatoms. The van der Waals surface area contributed by atoms with E-state index >= 15 is 0 Å². The smallest absolute Gasteiger partial charge is 0.252 e. The van der Waals surface area contributed by atoms with Crippen molar-refractivity contribution in [3.63, 3.8) is 0 Å². The van der Waals surface area contributed by atoms with Gasteiger partial charge in [0, 0.05) is 22.5 Å². The van der Waals surface area contributed by atoms with E-state index in [0.717, 1.165) is 30.5 Å². The first-order valence-corrected chi connectivity index (χ1v) is 7.25. The molecule has 1 unspecified atom stereocenters. The van der Waals surface area contributed by atoms with Crippen LogP contribution in [-0.2, 0) is 0 Å². The van der Waals surface area contributed by atoms with Gasteiger partial charge in [0.25, 0.3) is 5.91 Å². The number of benzene rings is 1. The molecular formula is C13H17BrN2OS. The maximum absolute atomic E-state index is 12.0. The highest BCUT2D eigenvalue weighted by Crippen LogP contribution is 2.20. The quantitative estimate of drug-likeness (QED) is 0.835. The summed E-state index contributed by atoms with van der Waals surface area (Å²) in [6, 6.07) is 5.49. The van der Waals surface area contributed by atoms with Gasteiger partial charge in [-0.1, -0.05) is 15.9 Å². The van der Waals surface area contributed by atoms with Crippen molar-refractivity contribution in [2.45, 2.75) is 11.3 Å². The number of likely N-dealkylation sites (tertiary alicyclic amines) is 1. The normalized spacial score (nSPS) is 20.1. The number of hydrogen-bond donors (Lipinski definition) is 2. The predicted octanol–water partition coefficient (Wildman–Crippen LogP) is 2.42. The molecule has 0 spiro atoms. The summed E-state index contributed by atoms with van der Waals surface area (Å²) in [5.41, 5.74) is 0.632. The first-order valence-electron chi connectivity index (χ1n) is 6.01. The zero-order valence-corrected chi connectivity index (χ0v) is 12.8. The van der Waals surface area contributed by atoms with Crippen LogP contribution in [-0.4, -0.2) is 37.5 Å². The topological polar surface area (TPSA) is 32.3 Å². The molecule has 0 aliphatic carbocycles. The second-order valence-electron chi connectivity index (χ2n) is 4.79. The number of rotatable bonds is 3. The highest BCUT2D eigenvalue weighted by Gasteiger charge is 2.20. The number of carbonyl (C=O) groups excluding carboxylic acids is 1. The molecule has 0 aromatic heterocycles. The molecule has 0 saturated carbocycles. The van der Waals surface area contributed by atoms with Crippen LogP contribution in [0.2, 0.25) is 0 Å². The van der Waals surface area contributed by atoms with Gasteiger partial charge in [-0.3, -0.25) is 4.79 Å². The Morgan fingerprint density at radius 1 is 1.61 bits per heavy atom. The molecule has 1 aliphatic rings. The highest BCUT2D eigenvalue weighted by molar-refractivity contribution is 9.10. The molecule has 98 valence electrons. The maximum Gasteiger partial charge on any atom is 0.252 e. The molecule has 3 nitrogen and oxygen atoms in total. The van der Waals surface area contributed by atoms with Crippen molar-refractivity contribution in [1.82, 2.24) is 10.2 Å². The van der Waals surface area contributed by atoms with Crippen LogP contribution in [0.4, 0.5) is 0 Å². The number of nitrogens with zero attached hydrogens (tertiary/aromatic N) is 1. The summed E-state index contributed by atoms with van der Waals surface area (Å²) in [6.07, 6.45) is 1.16. The second-order valence-corrected chi connectivity index (χ2v) is 6.19. The summed E-state index contributed by atoms with van der Waals surface area (Å²) in [7, 11) is 2.11. The minimum Gasteiger partial charge on any atom is -0.352 e. The molecule has 1 amide bonds. The van der Waals surface area contributed by atoms with Gasteiger partial charge in [0.1, 0.15) is 0 Å². The van der Waals surface area contributed by atoms with E-state index in [1.807, 2.05) is 12.1 Å². The Hall–Kier alpha value is -0.520. The van der Waals surface area contributed by atoms with Gasteiger partial charge in [0.05, 0.1) is 5.56 Å². The Labute approximate surface area is 121 Å². The SMILES string of the molecule is CN1CCC(CNC(=O)c2ccc(Br)cc2S)C1. The number of nitrogens with one attached hydrogen (secondary N) is 1. The Bertz CT molecular complexity index is 453. The predicted molar refractivity (Wildman–Crippen MR) is 79.3 cm³/mol. The fraction of sp³-hybridized carbons (Fsp3) is 0.462. The van der Waals surface area contributed by atoms with Crippen molar-refractivity contribution in [1.29, 1.82) is 0 Å². The van der Waals surface area contributed by atoms with E-state index in [1.54, 1.807) is 6.07 Å². The first-order chi connectivity index (χ1) is 8.56. The van der Waals surface area contributed by atoms with Crippen LogP contribution in [0, 0.1) is 5.92 Å². The third kappa shape index (κ3) is 3.49. The van der Waals surface area contributed by atoms with Crippen molar-refractivity contribution in [3.05, 3.63) is 28.2 Å². The van der Waals surface area contributed by atoms with E-state index < -0.39 is 0 Å². The highest BCUT2D eigenvalue weighted by atomic mass is 79.9. The van der Waals surface area contributed by atoms with E-state index in [9.17, 15) is 4.79 Å². The van der Waals surface area contributed by atoms with Gasteiger partial charge in [-0.05, 0) is 44.1 Å². The standard InChI is InChI=1S/C13H17BrN2OS/c1-16-5-4-9(8-16)7-15-13(17)11-3-2-10(14)6-12(11)18/h2-3,6,9,18H,4-5,7-8H2,1H3,(H,15,17). The number of halogens is 1. The molecule has 1 aromatic carbocycles. The molecule has 0 radical (unpaired) electrons. The van der Waals surface area contributed by atoms with E-state index in [-0.39, 0.29) is 5.91 Å². The monoisotopic (exact) mass is 328 g/mol. The fourth-order valence-electron chi connectivity index (χ4n) is 2.22. The lowest BCUT2D eigenvalue weighted by molar-refractivity contribution is 0.0944. The van der Waals surface area contributed by atoms with Gasteiger partial charge < -0.3 is 10.2 Å². The summed E-state index contributed by atoms with van der Waals surface area (Å²) in [4.78, 5) is 15.0. The third-order valence-electron chi connectivity index (χ3n) is 3.24. The van der Waals surface area contributed by atoms with E-state index in [0.29, 0.717) is 16.4 Å². The van der Waals surface area contributed by atoms with Gasteiger partial charge >= 0.3 is 0 Å². The molecule has 1 N–H and O–H groups in total. The molecule has 1 fully saturated rings. The molecule has 2 rings (SSSR count). The van der Waals surface area contributed by atoms with Gasteiger partial charge in [-0.2, -0.15) is 0 Å². The lowest BCUT2D eigenvalue weighted by Gasteiger charge is -2.12. The first kappa shape index (κ1) is 13.9. The summed E-state index contributed by atoms with van der Waals surface area (Å²) >= 11 is 7.68. The Morgan fingerprint density at radius 3 is 3.00 bits per heavy atom. The van der Waals surface area contributed by atoms with Gasteiger partial charge in [-0.15, -0.1) is 12.6 Å². The number of carbonyl (C=O) groups is 1. The van der Waals surface area contributed by atoms with Crippen molar-refractivity contribution >= 4 is 34.5 Å². The molecule has 1 atom stereocenters. The van der Waals surface area contributed by atoms with Crippen LogP contribution in [0.5, 0.6) is 0 Å². The van der Waals surface area contributed by atoms with Crippen LogP contribution in [0.3, 0.4) is 0 Å². The van der Waals surface area contributed by atoms with Crippen LogP contribution >= 0.6 is 28.6 Å². The lowest BCUT2D eigenvalue weighted by atomic mass is 10.1. The maximum atomic E-state index is 12.0. The van der Waals surface area contributed by atoms with Gasteiger partial charge in [0.15, 0.2) is 0 Å². The average Bonchev–Trinajstić information content (AvgIpc) is 2.72. The summed E-state index contributed by atoms with van der Waals surface area (Å²) in [6.45, 7) is 2.93. The third-order valence-corrected chi connectivity index (χ3v) is 4.11. The summed E-state index contributed by atoms with van der Waals surface area (Å²) in [5.74, 6) is 0.528. The number of thiol groups is 1. The average molecular weight is 329 g/mol. The van der Waals surface area contributed by atoms with Crippen LogP contribution in [0.15, 0.2) is 27.6 Å². The Kier molecular flexibility index (Phi) is 4.70. The zero-order chi connectivity index (χ0) is 13.1. The van der Waals surface area contributed by atoms with Crippen LogP contribution in [0.1, 0.15) is 16.8 Å². The Morgan fingerprint density at radius 2 is 2.39 bits per heavy atom. The molecule has 18 heavy (non-hydrogen) atoms. The summed E-state index contributed by atoms with van der Waals surface area (Å²) < 4.78 is 0.932. The van der Waals surface area contributed by atoms with Crippen LogP contribution < -0.4 is 5.32 Å². The lowest BCUT2D eigenvalue weighted by Crippen LogP contribution is -2.30.